The molecule has 1 aliphatic heterocycles. The predicted molar refractivity (Wildman–Crippen MR) is 86.7 cm³/mol. The largest absolute Gasteiger partial charge is 0.381 e. The van der Waals surface area contributed by atoms with Crippen LogP contribution in [0.15, 0.2) is 18.2 Å². The van der Waals surface area contributed by atoms with Crippen LogP contribution < -0.4 is 5.32 Å². The Morgan fingerprint density at radius 2 is 2.11 bits per heavy atom. The van der Waals surface area contributed by atoms with E-state index >= 15 is 0 Å². The molecule has 19 heavy (non-hydrogen) atoms. The zero-order valence-corrected chi connectivity index (χ0v) is 13.7. The van der Waals surface area contributed by atoms with E-state index < -0.39 is 15.5 Å². The van der Waals surface area contributed by atoms with Crippen LogP contribution in [0.1, 0.15) is 24.8 Å². The lowest BCUT2D eigenvalue weighted by Crippen LogP contribution is -2.47. The number of hydrogen-bond donors (Lipinski definition) is 1. The van der Waals surface area contributed by atoms with Crippen molar-refractivity contribution in [2.45, 2.75) is 24.0 Å². The van der Waals surface area contributed by atoms with E-state index in [-0.39, 0.29) is 0 Å². The first-order chi connectivity index (χ1) is 9.02. The zero-order chi connectivity index (χ0) is 14.0. The Hall–Kier alpha value is -0.160. The molecule has 1 heterocycles. The number of benzene rings is 1. The Morgan fingerprint density at radius 1 is 1.37 bits per heavy atom. The molecule has 1 fully saturated rings. The van der Waals surface area contributed by atoms with Gasteiger partial charge in [-0.3, -0.25) is 4.21 Å². The van der Waals surface area contributed by atoms with Crippen molar-refractivity contribution >= 4 is 51.2 Å². The summed E-state index contributed by atoms with van der Waals surface area (Å²) in [5.41, 5.74) is 0.888. The molecule has 0 aliphatic carbocycles. The molecular formula is C13H15Cl2NOS2. The van der Waals surface area contributed by atoms with Crippen molar-refractivity contribution in [3.8, 4) is 0 Å². The molecule has 1 N–H and O–H groups in total. The first kappa shape index (κ1) is 15.2. The lowest BCUT2D eigenvalue weighted by molar-refractivity contribution is 0.574. The van der Waals surface area contributed by atoms with Crippen LogP contribution in [0.5, 0.6) is 0 Å². The molecule has 2 rings (SSSR count). The second-order valence-corrected chi connectivity index (χ2v) is 7.56. The summed E-state index contributed by atoms with van der Waals surface area (Å²) in [6.07, 6.45) is 2.76. The first-order valence-electron chi connectivity index (χ1n) is 6.08. The molecule has 0 spiro atoms. The summed E-state index contributed by atoms with van der Waals surface area (Å²) in [5.74, 6) is 0.669. The standard InChI is InChI=1S/C13H15Cl2NOS2/c1-16-12(18)13(6-2-3-7-19(13)17)9-4-5-10(14)11(15)8-9/h4-5,8H,2-3,6-7H2,1H3,(H,16,18)/t13-,19-/m1/s1. The van der Waals surface area contributed by atoms with Gasteiger partial charge >= 0.3 is 0 Å². The van der Waals surface area contributed by atoms with Gasteiger partial charge in [-0.15, -0.1) is 0 Å². The van der Waals surface area contributed by atoms with Crippen LogP contribution in [0.25, 0.3) is 0 Å². The van der Waals surface area contributed by atoms with Crippen LogP contribution in [-0.4, -0.2) is 22.0 Å². The van der Waals surface area contributed by atoms with E-state index in [1.807, 2.05) is 6.07 Å². The molecule has 1 aromatic carbocycles. The second kappa shape index (κ2) is 6.08. The minimum atomic E-state index is -1.04. The number of halogens is 2. The average molecular weight is 336 g/mol. The van der Waals surface area contributed by atoms with Gasteiger partial charge in [0.15, 0.2) is 0 Å². The maximum atomic E-state index is 12.6. The molecule has 0 bridgehead atoms. The third-order valence-electron chi connectivity index (χ3n) is 3.48. The van der Waals surface area contributed by atoms with Crippen LogP contribution in [0.4, 0.5) is 0 Å². The quantitative estimate of drug-likeness (QED) is 0.836. The highest BCUT2D eigenvalue weighted by molar-refractivity contribution is 7.90. The van der Waals surface area contributed by atoms with Crippen LogP contribution in [0.3, 0.4) is 0 Å². The zero-order valence-electron chi connectivity index (χ0n) is 10.5. The lowest BCUT2D eigenvalue weighted by Gasteiger charge is -2.37. The fourth-order valence-corrected chi connectivity index (χ4v) is 5.15. The lowest BCUT2D eigenvalue weighted by atomic mass is 9.91. The predicted octanol–water partition coefficient (Wildman–Crippen LogP) is 3.67. The molecule has 1 aromatic rings. The molecule has 2 nitrogen and oxygen atoms in total. The van der Waals surface area contributed by atoms with Gasteiger partial charge in [0, 0.05) is 23.6 Å². The summed E-state index contributed by atoms with van der Waals surface area (Å²) in [6.45, 7) is 0. The van der Waals surface area contributed by atoms with Gasteiger partial charge < -0.3 is 5.32 Å². The minimum absolute atomic E-state index is 0.472. The Balaban J connectivity index is 2.56. The van der Waals surface area contributed by atoms with Gasteiger partial charge in [-0.2, -0.15) is 0 Å². The summed E-state index contributed by atoms with van der Waals surface area (Å²) < 4.78 is 12.0. The van der Waals surface area contributed by atoms with Gasteiger partial charge in [-0.25, -0.2) is 0 Å². The van der Waals surface area contributed by atoms with Crippen molar-refractivity contribution < 1.29 is 4.21 Å². The molecule has 104 valence electrons. The van der Waals surface area contributed by atoms with Gasteiger partial charge in [0.05, 0.1) is 15.0 Å². The van der Waals surface area contributed by atoms with E-state index in [4.69, 9.17) is 35.4 Å². The fraction of sp³-hybridized carbons (Fsp3) is 0.462. The molecule has 6 heteroatoms. The Kier molecular flexibility index (Phi) is 4.88. The molecule has 0 aromatic heterocycles. The van der Waals surface area contributed by atoms with E-state index in [1.165, 1.54) is 0 Å². The molecule has 0 radical (unpaired) electrons. The summed E-state index contributed by atoms with van der Waals surface area (Å²) in [6, 6.07) is 5.41. The SMILES string of the molecule is CNC(=S)[C@]1(c2ccc(Cl)c(Cl)c2)CCCC[S@]1=O. The molecule has 0 amide bonds. The third kappa shape index (κ3) is 2.68. The number of thiocarbonyl (C=S) groups is 1. The van der Waals surface area contributed by atoms with Gasteiger partial charge in [-0.05, 0) is 30.5 Å². The molecule has 1 saturated heterocycles. The molecule has 0 unspecified atom stereocenters. The van der Waals surface area contributed by atoms with E-state index in [2.05, 4.69) is 5.32 Å². The van der Waals surface area contributed by atoms with Gasteiger partial charge in [-0.1, -0.05) is 47.9 Å². The topological polar surface area (TPSA) is 29.1 Å². The smallest absolute Gasteiger partial charge is 0.121 e. The van der Waals surface area contributed by atoms with Crippen molar-refractivity contribution in [1.82, 2.24) is 5.32 Å². The molecule has 0 saturated carbocycles. The Labute approximate surface area is 131 Å². The highest BCUT2D eigenvalue weighted by Crippen LogP contribution is 2.40. The summed E-state index contributed by atoms with van der Waals surface area (Å²) in [5, 5.41) is 3.97. The first-order valence-corrected chi connectivity index (χ1v) is 8.57. The van der Waals surface area contributed by atoms with Crippen molar-refractivity contribution in [2.24, 2.45) is 0 Å². The molecular weight excluding hydrogens is 321 g/mol. The number of rotatable bonds is 2. The highest BCUT2D eigenvalue weighted by atomic mass is 35.5. The number of likely N-dealkylation sites (N-methyl/N-ethyl adjacent to an activating group) is 1. The van der Waals surface area contributed by atoms with E-state index in [9.17, 15) is 4.21 Å². The fourth-order valence-electron chi connectivity index (χ4n) is 2.47. The number of hydrogen-bond acceptors (Lipinski definition) is 2. The normalized spacial score (nSPS) is 27.0. The summed E-state index contributed by atoms with van der Waals surface area (Å²) in [4.78, 5) is 0.615. The van der Waals surface area contributed by atoms with Crippen molar-refractivity contribution in [3.05, 3.63) is 33.8 Å². The van der Waals surface area contributed by atoms with E-state index in [0.717, 1.165) is 24.8 Å². The van der Waals surface area contributed by atoms with Crippen molar-refractivity contribution in [1.29, 1.82) is 0 Å². The van der Waals surface area contributed by atoms with Crippen LogP contribution in [0, 0.1) is 0 Å². The van der Waals surface area contributed by atoms with Gasteiger partial charge in [0.1, 0.15) is 4.75 Å². The van der Waals surface area contributed by atoms with Crippen molar-refractivity contribution in [2.75, 3.05) is 12.8 Å². The monoisotopic (exact) mass is 335 g/mol. The van der Waals surface area contributed by atoms with Crippen molar-refractivity contribution in [3.63, 3.8) is 0 Å². The van der Waals surface area contributed by atoms with Gasteiger partial charge in [0.2, 0.25) is 0 Å². The van der Waals surface area contributed by atoms with Crippen LogP contribution >= 0.6 is 35.4 Å². The highest BCUT2D eigenvalue weighted by Gasteiger charge is 2.44. The Morgan fingerprint density at radius 3 is 2.68 bits per heavy atom. The molecule has 1 aliphatic rings. The number of nitrogens with one attached hydrogen (secondary N) is 1. The Bertz CT molecular complexity index is 525. The van der Waals surface area contributed by atoms with E-state index in [1.54, 1.807) is 19.2 Å². The minimum Gasteiger partial charge on any atom is -0.381 e. The maximum absolute atomic E-state index is 12.6. The summed E-state index contributed by atoms with van der Waals surface area (Å²) in [7, 11) is 0.733. The van der Waals surface area contributed by atoms with E-state index in [0.29, 0.717) is 20.8 Å². The second-order valence-electron chi connectivity index (χ2n) is 4.54. The van der Waals surface area contributed by atoms with Gasteiger partial charge in [0.25, 0.3) is 0 Å². The molecule has 2 atom stereocenters. The average Bonchev–Trinajstić information content (AvgIpc) is 2.42. The summed E-state index contributed by atoms with van der Waals surface area (Å²) >= 11 is 17.5. The third-order valence-corrected chi connectivity index (χ3v) is 6.98. The maximum Gasteiger partial charge on any atom is 0.121 e. The van der Waals surface area contributed by atoms with Crippen LogP contribution in [-0.2, 0) is 15.5 Å². The van der Waals surface area contributed by atoms with Crippen LogP contribution in [0.2, 0.25) is 10.0 Å².